The molecule has 2 rings (SSSR count). The van der Waals surface area contributed by atoms with Gasteiger partial charge in [-0.25, -0.2) is 4.39 Å². The molecule has 112 valence electrons. The van der Waals surface area contributed by atoms with Gasteiger partial charge in [0.2, 0.25) is 0 Å². The maximum Gasteiger partial charge on any atom is 0.123 e. The summed E-state index contributed by atoms with van der Waals surface area (Å²) in [6, 6.07) is 6.62. The number of likely N-dealkylation sites (N-methyl/N-ethyl adjacent to an activating group) is 1. The van der Waals surface area contributed by atoms with Crippen molar-refractivity contribution in [2.45, 2.75) is 38.4 Å². The van der Waals surface area contributed by atoms with Crippen LogP contribution in [0.2, 0.25) is 0 Å². The topological polar surface area (TPSA) is 24.5 Å². The van der Waals surface area contributed by atoms with Crippen molar-refractivity contribution in [3.63, 3.8) is 0 Å². The summed E-state index contributed by atoms with van der Waals surface area (Å²) in [6.45, 7) is 5.03. The maximum absolute atomic E-state index is 12.9. The highest BCUT2D eigenvalue weighted by Crippen LogP contribution is 2.22. The third kappa shape index (κ3) is 4.46. The van der Waals surface area contributed by atoms with Crippen LogP contribution in [0.5, 0.6) is 0 Å². The Morgan fingerprint density at radius 1 is 1.25 bits per heavy atom. The van der Waals surface area contributed by atoms with Crippen molar-refractivity contribution in [1.29, 1.82) is 0 Å². The highest BCUT2D eigenvalue weighted by molar-refractivity contribution is 5.45. The van der Waals surface area contributed by atoms with Crippen molar-refractivity contribution < 1.29 is 9.13 Å². The Labute approximate surface area is 121 Å². The summed E-state index contributed by atoms with van der Waals surface area (Å²) in [6.07, 6.45) is 4.00. The number of rotatable bonds is 7. The molecular formula is C16H25FN2O. The van der Waals surface area contributed by atoms with Gasteiger partial charge in [0, 0.05) is 25.8 Å². The molecule has 1 saturated heterocycles. The SMILES string of the molecule is CCCNCC1CCC(CN(C)c2ccc(F)cc2)O1. The quantitative estimate of drug-likeness (QED) is 0.777. The van der Waals surface area contributed by atoms with Crippen LogP contribution in [-0.4, -0.2) is 38.9 Å². The maximum atomic E-state index is 12.9. The fourth-order valence-corrected chi connectivity index (χ4v) is 2.61. The van der Waals surface area contributed by atoms with Crippen molar-refractivity contribution >= 4 is 5.69 Å². The van der Waals surface area contributed by atoms with E-state index in [-0.39, 0.29) is 11.9 Å². The van der Waals surface area contributed by atoms with E-state index in [4.69, 9.17) is 4.74 Å². The number of nitrogens with zero attached hydrogens (tertiary/aromatic N) is 1. The molecule has 2 unspecified atom stereocenters. The van der Waals surface area contributed by atoms with Gasteiger partial charge in [-0.1, -0.05) is 6.92 Å². The molecule has 20 heavy (non-hydrogen) atoms. The van der Waals surface area contributed by atoms with Gasteiger partial charge in [0.1, 0.15) is 5.82 Å². The number of halogens is 1. The fraction of sp³-hybridized carbons (Fsp3) is 0.625. The second-order valence-electron chi connectivity index (χ2n) is 5.52. The Morgan fingerprint density at radius 2 is 1.95 bits per heavy atom. The molecule has 1 aromatic rings. The molecule has 0 aromatic heterocycles. The molecule has 0 bridgehead atoms. The van der Waals surface area contributed by atoms with Crippen LogP contribution in [0.25, 0.3) is 0 Å². The van der Waals surface area contributed by atoms with Gasteiger partial charge in [-0.3, -0.25) is 0 Å². The minimum Gasteiger partial charge on any atom is -0.372 e. The Bertz CT molecular complexity index is 396. The molecule has 0 saturated carbocycles. The second kappa shape index (κ2) is 7.60. The zero-order valence-electron chi connectivity index (χ0n) is 12.4. The van der Waals surface area contributed by atoms with Crippen LogP contribution in [-0.2, 0) is 4.74 Å². The Hall–Kier alpha value is -1.13. The fourth-order valence-electron chi connectivity index (χ4n) is 2.61. The molecule has 2 atom stereocenters. The smallest absolute Gasteiger partial charge is 0.123 e. The first kappa shape index (κ1) is 15.3. The van der Waals surface area contributed by atoms with Crippen molar-refractivity contribution in [2.75, 3.05) is 31.6 Å². The first-order chi connectivity index (χ1) is 9.69. The van der Waals surface area contributed by atoms with Crippen LogP contribution < -0.4 is 10.2 Å². The molecule has 1 fully saturated rings. The lowest BCUT2D eigenvalue weighted by Gasteiger charge is -2.23. The summed E-state index contributed by atoms with van der Waals surface area (Å²) in [5, 5.41) is 3.41. The summed E-state index contributed by atoms with van der Waals surface area (Å²) in [4.78, 5) is 2.13. The first-order valence-electron chi connectivity index (χ1n) is 7.52. The zero-order valence-corrected chi connectivity index (χ0v) is 12.4. The summed E-state index contributed by atoms with van der Waals surface area (Å²) >= 11 is 0. The third-order valence-electron chi connectivity index (χ3n) is 3.74. The van der Waals surface area contributed by atoms with Gasteiger partial charge >= 0.3 is 0 Å². The molecule has 0 aliphatic carbocycles. The predicted octanol–water partition coefficient (Wildman–Crippen LogP) is 2.81. The monoisotopic (exact) mass is 280 g/mol. The van der Waals surface area contributed by atoms with E-state index >= 15 is 0 Å². The lowest BCUT2D eigenvalue weighted by atomic mass is 10.2. The molecule has 4 heteroatoms. The van der Waals surface area contributed by atoms with E-state index in [1.807, 2.05) is 19.2 Å². The lowest BCUT2D eigenvalue weighted by Crippen LogP contribution is -2.32. The average molecular weight is 280 g/mol. The summed E-state index contributed by atoms with van der Waals surface area (Å²) in [7, 11) is 2.03. The second-order valence-corrected chi connectivity index (χ2v) is 5.52. The minimum absolute atomic E-state index is 0.193. The Balaban J connectivity index is 1.75. The van der Waals surface area contributed by atoms with Gasteiger partial charge in [-0.15, -0.1) is 0 Å². The third-order valence-corrected chi connectivity index (χ3v) is 3.74. The molecule has 0 amide bonds. The molecule has 1 aromatic carbocycles. The van der Waals surface area contributed by atoms with E-state index in [0.29, 0.717) is 6.10 Å². The Morgan fingerprint density at radius 3 is 2.65 bits per heavy atom. The molecule has 0 spiro atoms. The van der Waals surface area contributed by atoms with Crippen LogP contribution in [0.4, 0.5) is 10.1 Å². The standard InChI is InChI=1S/C16H25FN2O/c1-3-10-18-11-15-8-9-16(20-15)12-19(2)14-6-4-13(17)5-7-14/h4-7,15-16,18H,3,8-12H2,1-2H3. The molecule has 1 aliphatic rings. The van der Waals surface area contributed by atoms with Gasteiger partial charge < -0.3 is 15.0 Å². The number of anilines is 1. The van der Waals surface area contributed by atoms with Crippen molar-refractivity contribution in [1.82, 2.24) is 5.32 Å². The van der Waals surface area contributed by atoms with Crippen molar-refractivity contribution in [3.8, 4) is 0 Å². The number of ether oxygens (including phenoxy) is 1. The van der Waals surface area contributed by atoms with E-state index in [9.17, 15) is 4.39 Å². The minimum atomic E-state index is -0.193. The number of benzene rings is 1. The first-order valence-corrected chi connectivity index (χ1v) is 7.52. The van der Waals surface area contributed by atoms with E-state index in [1.165, 1.54) is 12.1 Å². The largest absolute Gasteiger partial charge is 0.372 e. The molecule has 3 nitrogen and oxygen atoms in total. The van der Waals surface area contributed by atoms with E-state index in [2.05, 4.69) is 17.1 Å². The van der Waals surface area contributed by atoms with Crippen LogP contribution >= 0.6 is 0 Å². The molecular weight excluding hydrogens is 255 g/mol. The van der Waals surface area contributed by atoms with Gasteiger partial charge in [0.25, 0.3) is 0 Å². The van der Waals surface area contributed by atoms with Crippen LogP contribution in [0.15, 0.2) is 24.3 Å². The van der Waals surface area contributed by atoms with Gasteiger partial charge in [-0.2, -0.15) is 0 Å². The van der Waals surface area contributed by atoms with E-state index in [0.717, 1.165) is 44.6 Å². The predicted molar refractivity (Wildman–Crippen MR) is 80.7 cm³/mol. The molecule has 1 N–H and O–H groups in total. The number of hydrogen-bond donors (Lipinski definition) is 1. The van der Waals surface area contributed by atoms with Crippen LogP contribution in [0.1, 0.15) is 26.2 Å². The van der Waals surface area contributed by atoms with E-state index in [1.54, 1.807) is 0 Å². The van der Waals surface area contributed by atoms with Gasteiger partial charge in [0.05, 0.1) is 12.2 Å². The molecule has 1 heterocycles. The normalized spacial score (nSPS) is 22.1. The van der Waals surface area contributed by atoms with Crippen molar-refractivity contribution in [2.24, 2.45) is 0 Å². The molecule has 1 aliphatic heterocycles. The molecule has 0 radical (unpaired) electrons. The highest BCUT2D eigenvalue weighted by Gasteiger charge is 2.25. The van der Waals surface area contributed by atoms with Crippen LogP contribution in [0, 0.1) is 5.82 Å². The van der Waals surface area contributed by atoms with Gasteiger partial charge in [0.15, 0.2) is 0 Å². The Kier molecular flexibility index (Phi) is 5.80. The number of hydrogen-bond acceptors (Lipinski definition) is 3. The number of nitrogens with one attached hydrogen (secondary N) is 1. The summed E-state index contributed by atoms with van der Waals surface area (Å²) in [5.74, 6) is -0.193. The summed E-state index contributed by atoms with van der Waals surface area (Å²) in [5.41, 5.74) is 1.03. The van der Waals surface area contributed by atoms with E-state index < -0.39 is 0 Å². The van der Waals surface area contributed by atoms with Crippen molar-refractivity contribution in [3.05, 3.63) is 30.1 Å². The summed E-state index contributed by atoms with van der Waals surface area (Å²) < 4.78 is 18.9. The van der Waals surface area contributed by atoms with Gasteiger partial charge in [-0.05, 0) is 50.1 Å². The lowest BCUT2D eigenvalue weighted by molar-refractivity contribution is 0.0501. The highest BCUT2D eigenvalue weighted by atomic mass is 19.1. The van der Waals surface area contributed by atoms with Crippen LogP contribution in [0.3, 0.4) is 0 Å². The average Bonchev–Trinajstić information content (AvgIpc) is 2.87. The zero-order chi connectivity index (χ0) is 14.4.